The van der Waals surface area contributed by atoms with Crippen molar-refractivity contribution in [2.75, 3.05) is 12.9 Å². The van der Waals surface area contributed by atoms with Crippen molar-refractivity contribution in [1.29, 1.82) is 0 Å². The van der Waals surface area contributed by atoms with Crippen LogP contribution >= 0.6 is 23.1 Å². The van der Waals surface area contributed by atoms with Gasteiger partial charge in [-0.05, 0) is 17.0 Å². The van der Waals surface area contributed by atoms with Gasteiger partial charge in [0.1, 0.15) is 0 Å². The zero-order valence-electron chi connectivity index (χ0n) is 13.6. The van der Waals surface area contributed by atoms with Crippen LogP contribution in [-0.4, -0.2) is 24.7 Å². The van der Waals surface area contributed by atoms with Gasteiger partial charge in [-0.25, -0.2) is 0 Å². The van der Waals surface area contributed by atoms with Gasteiger partial charge >= 0.3 is 5.97 Å². The van der Waals surface area contributed by atoms with E-state index in [1.807, 2.05) is 35.7 Å². The minimum atomic E-state index is -0.327. The van der Waals surface area contributed by atoms with E-state index in [0.29, 0.717) is 6.42 Å². The molecule has 0 radical (unpaired) electrons. The SMILES string of the molecule is COC(=O)C[C@H](NC(=O)CCSCc1ccccc1)c1cccs1. The molecule has 1 aromatic heterocycles. The Hall–Kier alpha value is -1.79. The van der Waals surface area contributed by atoms with E-state index in [4.69, 9.17) is 4.74 Å². The van der Waals surface area contributed by atoms with Crippen LogP contribution in [0.2, 0.25) is 0 Å². The maximum absolute atomic E-state index is 12.2. The summed E-state index contributed by atoms with van der Waals surface area (Å²) in [4.78, 5) is 24.7. The molecule has 2 rings (SSSR count). The smallest absolute Gasteiger partial charge is 0.307 e. The van der Waals surface area contributed by atoms with Crippen LogP contribution < -0.4 is 5.32 Å². The highest BCUT2D eigenvalue weighted by Crippen LogP contribution is 2.23. The summed E-state index contributed by atoms with van der Waals surface area (Å²) in [6.07, 6.45) is 0.584. The van der Waals surface area contributed by atoms with E-state index in [9.17, 15) is 9.59 Å². The lowest BCUT2D eigenvalue weighted by Gasteiger charge is -2.16. The number of nitrogens with one attached hydrogen (secondary N) is 1. The Balaban J connectivity index is 1.76. The van der Waals surface area contributed by atoms with Crippen molar-refractivity contribution in [1.82, 2.24) is 5.32 Å². The summed E-state index contributed by atoms with van der Waals surface area (Å²) in [5.74, 6) is 1.27. The summed E-state index contributed by atoms with van der Waals surface area (Å²) in [7, 11) is 1.36. The quantitative estimate of drug-likeness (QED) is 0.544. The number of thioether (sulfide) groups is 1. The monoisotopic (exact) mass is 363 g/mol. The molecular weight excluding hydrogens is 342 g/mol. The van der Waals surface area contributed by atoms with Crippen molar-refractivity contribution < 1.29 is 14.3 Å². The molecule has 0 aliphatic carbocycles. The molecule has 1 amide bonds. The highest BCUT2D eigenvalue weighted by molar-refractivity contribution is 7.98. The standard InChI is InChI=1S/C18H21NO3S2/c1-22-18(21)12-15(16-8-5-10-24-16)19-17(20)9-11-23-13-14-6-3-2-4-7-14/h2-8,10,15H,9,11-13H2,1H3,(H,19,20)/t15-/m0/s1. The van der Waals surface area contributed by atoms with Gasteiger partial charge in [0.15, 0.2) is 0 Å². The maximum atomic E-state index is 12.2. The van der Waals surface area contributed by atoms with Crippen LogP contribution in [0.25, 0.3) is 0 Å². The zero-order chi connectivity index (χ0) is 17.2. The van der Waals surface area contributed by atoms with Gasteiger partial charge in [-0.1, -0.05) is 36.4 Å². The second-order valence-electron chi connectivity index (χ2n) is 5.20. The highest BCUT2D eigenvalue weighted by Gasteiger charge is 2.19. The molecule has 1 atom stereocenters. The fourth-order valence-electron chi connectivity index (χ4n) is 2.16. The molecule has 1 N–H and O–H groups in total. The average Bonchev–Trinajstić information content (AvgIpc) is 3.13. The summed E-state index contributed by atoms with van der Waals surface area (Å²) in [5, 5.41) is 4.87. The first kappa shape index (κ1) is 18.5. The minimum Gasteiger partial charge on any atom is -0.469 e. The molecule has 1 heterocycles. The maximum Gasteiger partial charge on any atom is 0.307 e. The Morgan fingerprint density at radius 2 is 2.00 bits per heavy atom. The fraction of sp³-hybridized carbons (Fsp3) is 0.333. The fourth-order valence-corrected chi connectivity index (χ4v) is 3.84. The summed E-state index contributed by atoms with van der Waals surface area (Å²) < 4.78 is 4.72. The lowest BCUT2D eigenvalue weighted by Crippen LogP contribution is -2.30. The number of thiophene rings is 1. The van der Waals surface area contributed by atoms with E-state index >= 15 is 0 Å². The molecule has 2 aromatic rings. The van der Waals surface area contributed by atoms with Crippen molar-refractivity contribution >= 4 is 35.0 Å². The van der Waals surface area contributed by atoms with Crippen LogP contribution in [0, 0.1) is 0 Å². The third kappa shape index (κ3) is 6.37. The summed E-state index contributed by atoms with van der Waals surface area (Å²) in [5.41, 5.74) is 1.25. The molecule has 128 valence electrons. The van der Waals surface area contributed by atoms with Crippen LogP contribution in [0.3, 0.4) is 0 Å². The summed E-state index contributed by atoms with van der Waals surface area (Å²) >= 11 is 3.25. The van der Waals surface area contributed by atoms with Crippen molar-refractivity contribution in [3.05, 3.63) is 58.3 Å². The molecule has 0 aliphatic heterocycles. The van der Waals surface area contributed by atoms with Crippen molar-refractivity contribution in [3.8, 4) is 0 Å². The second kappa shape index (κ2) is 10.2. The predicted molar refractivity (Wildman–Crippen MR) is 99.1 cm³/mol. The third-order valence-corrected chi connectivity index (χ3v) is 5.42. The van der Waals surface area contributed by atoms with E-state index < -0.39 is 0 Å². The lowest BCUT2D eigenvalue weighted by atomic mass is 10.1. The molecule has 0 saturated heterocycles. The third-order valence-electron chi connectivity index (χ3n) is 3.41. The van der Waals surface area contributed by atoms with Crippen LogP contribution in [0.5, 0.6) is 0 Å². The van der Waals surface area contributed by atoms with Gasteiger partial charge in [-0.2, -0.15) is 11.8 Å². The number of benzene rings is 1. The molecule has 24 heavy (non-hydrogen) atoms. The van der Waals surface area contributed by atoms with Crippen LogP contribution in [-0.2, 0) is 20.1 Å². The number of carbonyl (C=O) groups excluding carboxylic acids is 2. The molecule has 6 heteroatoms. The molecule has 4 nitrogen and oxygen atoms in total. The number of amides is 1. The summed E-state index contributed by atoms with van der Waals surface area (Å²) in [6, 6.07) is 13.7. The Bertz CT molecular complexity index is 629. The van der Waals surface area contributed by atoms with Gasteiger partial charge in [-0.15, -0.1) is 11.3 Å². The van der Waals surface area contributed by atoms with Crippen LogP contribution in [0.1, 0.15) is 29.3 Å². The Morgan fingerprint density at radius 3 is 2.67 bits per heavy atom. The number of hydrogen-bond acceptors (Lipinski definition) is 5. The van der Waals surface area contributed by atoms with E-state index in [-0.39, 0.29) is 24.3 Å². The topological polar surface area (TPSA) is 55.4 Å². The molecule has 0 aliphatic rings. The average molecular weight is 364 g/mol. The minimum absolute atomic E-state index is 0.0436. The van der Waals surface area contributed by atoms with Crippen LogP contribution in [0.4, 0.5) is 0 Å². The molecule has 0 saturated carbocycles. The normalized spacial score (nSPS) is 11.7. The first-order chi connectivity index (χ1) is 11.7. The molecule has 0 fully saturated rings. The van der Waals surface area contributed by atoms with Gasteiger partial charge in [0.25, 0.3) is 0 Å². The zero-order valence-corrected chi connectivity index (χ0v) is 15.2. The number of methoxy groups -OCH3 is 1. The van der Waals surface area contributed by atoms with Gasteiger partial charge < -0.3 is 10.1 Å². The van der Waals surface area contributed by atoms with E-state index in [1.165, 1.54) is 24.0 Å². The van der Waals surface area contributed by atoms with Crippen molar-refractivity contribution in [3.63, 3.8) is 0 Å². The Labute approximate surface area is 150 Å². The number of ether oxygens (including phenoxy) is 1. The van der Waals surface area contributed by atoms with Crippen molar-refractivity contribution in [2.45, 2.75) is 24.6 Å². The predicted octanol–water partition coefficient (Wildman–Crippen LogP) is 3.79. The van der Waals surface area contributed by atoms with E-state index in [0.717, 1.165) is 16.4 Å². The molecular formula is C18H21NO3S2. The van der Waals surface area contributed by atoms with Gasteiger partial charge in [0.05, 0.1) is 19.6 Å². The summed E-state index contributed by atoms with van der Waals surface area (Å²) in [6.45, 7) is 0. The van der Waals surface area contributed by atoms with E-state index in [2.05, 4.69) is 17.4 Å². The van der Waals surface area contributed by atoms with Gasteiger partial charge in [0.2, 0.25) is 5.91 Å². The largest absolute Gasteiger partial charge is 0.469 e. The first-order valence-corrected chi connectivity index (χ1v) is 9.73. The molecule has 1 aromatic carbocycles. The number of esters is 1. The number of rotatable bonds is 9. The molecule has 0 unspecified atom stereocenters. The Morgan fingerprint density at radius 1 is 1.21 bits per heavy atom. The van der Waals surface area contributed by atoms with Gasteiger partial charge in [0, 0.05) is 22.8 Å². The number of carbonyl (C=O) groups is 2. The van der Waals surface area contributed by atoms with Crippen LogP contribution in [0.15, 0.2) is 47.8 Å². The lowest BCUT2D eigenvalue weighted by molar-refractivity contribution is -0.141. The highest BCUT2D eigenvalue weighted by atomic mass is 32.2. The number of hydrogen-bond donors (Lipinski definition) is 1. The first-order valence-electron chi connectivity index (χ1n) is 7.70. The Kier molecular flexibility index (Phi) is 7.85. The van der Waals surface area contributed by atoms with Crippen molar-refractivity contribution in [2.24, 2.45) is 0 Å². The van der Waals surface area contributed by atoms with Gasteiger partial charge in [-0.3, -0.25) is 9.59 Å². The molecule has 0 spiro atoms. The second-order valence-corrected chi connectivity index (χ2v) is 7.29. The molecule has 0 bridgehead atoms. The van der Waals surface area contributed by atoms with E-state index in [1.54, 1.807) is 11.8 Å².